The van der Waals surface area contributed by atoms with Gasteiger partial charge in [0.2, 0.25) is 0 Å². The normalized spacial score (nSPS) is 13.9. The van der Waals surface area contributed by atoms with Gasteiger partial charge in [-0.15, -0.1) is 0 Å². The van der Waals surface area contributed by atoms with Crippen LogP contribution in [0.2, 0.25) is 0 Å². The lowest BCUT2D eigenvalue weighted by molar-refractivity contribution is -0.115. The highest BCUT2D eigenvalue weighted by atomic mass is 16.2. The minimum Gasteiger partial charge on any atom is -0.392 e. The number of Topliss-reactive ketones (excluding diaryl/α,β-unsaturated/α-hetero) is 1. The number of hydrogen-bond acceptors (Lipinski definition) is 2. The van der Waals surface area contributed by atoms with Crippen LogP contribution in [-0.2, 0) is 4.79 Å². The zero-order chi connectivity index (χ0) is 14.0. The Bertz CT molecular complexity index is 346. The van der Waals surface area contributed by atoms with E-state index in [9.17, 15) is 4.79 Å². The highest BCUT2D eigenvalue weighted by Gasteiger charge is 2.04. The highest BCUT2D eigenvalue weighted by Crippen LogP contribution is 2.12. The van der Waals surface area contributed by atoms with E-state index in [0.717, 1.165) is 19.3 Å². The van der Waals surface area contributed by atoms with Crippen LogP contribution in [0.25, 0.3) is 0 Å². The van der Waals surface area contributed by atoms with Crippen LogP contribution in [-0.4, -0.2) is 17.5 Å². The van der Waals surface area contributed by atoms with Crippen molar-refractivity contribution in [1.82, 2.24) is 0 Å². The monoisotopic (exact) mass is 250 g/mol. The molecule has 0 saturated carbocycles. The molecule has 1 N–H and O–H groups in total. The molecule has 2 heteroatoms. The van der Waals surface area contributed by atoms with E-state index in [1.165, 1.54) is 11.1 Å². The average Bonchev–Trinajstić information content (AvgIpc) is 2.35. The van der Waals surface area contributed by atoms with Crippen molar-refractivity contribution < 1.29 is 9.90 Å². The van der Waals surface area contributed by atoms with E-state index in [4.69, 9.17) is 5.11 Å². The van der Waals surface area contributed by atoms with Crippen LogP contribution in [0.5, 0.6) is 0 Å². The molecule has 0 amide bonds. The minimum absolute atomic E-state index is 0.0605. The summed E-state index contributed by atoms with van der Waals surface area (Å²) >= 11 is 0. The molecule has 2 nitrogen and oxygen atoms in total. The van der Waals surface area contributed by atoms with Gasteiger partial charge in [0.05, 0.1) is 6.61 Å². The molecule has 0 aromatic rings. The molecule has 0 unspecified atom stereocenters. The van der Waals surface area contributed by atoms with E-state index < -0.39 is 0 Å². The fourth-order valence-electron chi connectivity index (χ4n) is 1.55. The first kappa shape index (κ1) is 16.9. The van der Waals surface area contributed by atoms with Gasteiger partial charge in [-0.25, -0.2) is 0 Å². The van der Waals surface area contributed by atoms with Gasteiger partial charge in [0.1, 0.15) is 0 Å². The fourth-order valence-corrected chi connectivity index (χ4v) is 1.55. The van der Waals surface area contributed by atoms with Crippen molar-refractivity contribution in [3.05, 3.63) is 34.9 Å². The fraction of sp³-hybridized carbons (Fsp3) is 0.562. The van der Waals surface area contributed by atoms with Gasteiger partial charge >= 0.3 is 0 Å². The van der Waals surface area contributed by atoms with Crippen molar-refractivity contribution in [2.75, 3.05) is 6.61 Å². The molecule has 0 aromatic heterocycles. The van der Waals surface area contributed by atoms with Gasteiger partial charge in [-0.1, -0.05) is 29.4 Å². The summed E-state index contributed by atoms with van der Waals surface area (Å²) < 4.78 is 0. The van der Waals surface area contributed by atoms with Crippen molar-refractivity contribution in [2.45, 2.75) is 53.4 Å². The number of hydrogen-bond donors (Lipinski definition) is 1. The van der Waals surface area contributed by atoms with Gasteiger partial charge in [-0.3, -0.25) is 4.79 Å². The summed E-state index contributed by atoms with van der Waals surface area (Å²) in [6, 6.07) is 0. The average molecular weight is 250 g/mol. The molecule has 0 aromatic carbocycles. The van der Waals surface area contributed by atoms with E-state index in [0.29, 0.717) is 12.0 Å². The van der Waals surface area contributed by atoms with Crippen LogP contribution in [0.4, 0.5) is 0 Å². The van der Waals surface area contributed by atoms with E-state index in [-0.39, 0.29) is 12.4 Å². The van der Waals surface area contributed by atoms with E-state index in [2.05, 4.69) is 32.9 Å². The van der Waals surface area contributed by atoms with Crippen LogP contribution < -0.4 is 0 Å². The Labute approximate surface area is 111 Å². The number of aliphatic hydroxyl groups is 1. The third-order valence-electron chi connectivity index (χ3n) is 3.11. The van der Waals surface area contributed by atoms with Gasteiger partial charge in [0.15, 0.2) is 5.78 Å². The summed E-state index contributed by atoms with van der Waals surface area (Å²) in [5.74, 6) is 0.126. The lowest BCUT2D eigenvalue weighted by Crippen LogP contribution is -2.00. The molecule has 0 bridgehead atoms. The first-order valence-electron chi connectivity index (χ1n) is 6.59. The number of allylic oxidation sites excluding steroid dienone is 5. The Morgan fingerprint density at radius 1 is 1.00 bits per heavy atom. The Kier molecular flexibility index (Phi) is 9.21. The first-order chi connectivity index (χ1) is 8.51. The summed E-state index contributed by atoms with van der Waals surface area (Å²) in [7, 11) is 0. The Hall–Kier alpha value is -1.15. The third-order valence-corrected chi connectivity index (χ3v) is 3.11. The summed E-state index contributed by atoms with van der Waals surface area (Å²) in [6.45, 7) is 7.96. The summed E-state index contributed by atoms with van der Waals surface area (Å²) in [4.78, 5) is 11.7. The standard InChI is InChI=1S/C16H26O2/c1-5-13(2)7-6-8-14(3)9-10-16(18)15(4)11-12-17/h5,8,11,17H,6-7,9-10,12H2,1-4H3. The maximum absolute atomic E-state index is 11.7. The quantitative estimate of drug-likeness (QED) is 0.523. The second kappa shape index (κ2) is 9.84. The molecule has 18 heavy (non-hydrogen) atoms. The Morgan fingerprint density at radius 2 is 1.67 bits per heavy atom. The molecular formula is C16H26O2. The lowest BCUT2D eigenvalue weighted by Gasteiger charge is -2.03. The second-order valence-electron chi connectivity index (χ2n) is 4.72. The van der Waals surface area contributed by atoms with E-state index >= 15 is 0 Å². The first-order valence-corrected chi connectivity index (χ1v) is 6.59. The molecule has 102 valence electrons. The lowest BCUT2D eigenvalue weighted by atomic mass is 10.0. The van der Waals surface area contributed by atoms with Gasteiger partial charge in [-0.05, 0) is 52.5 Å². The van der Waals surface area contributed by atoms with Crippen LogP contribution in [0.15, 0.2) is 34.9 Å². The van der Waals surface area contributed by atoms with Crippen molar-refractivity contribution in [2.24, 2.45) is 0 Å². The Morgan fingerprint density at radius 3 is 2.22 bits per heavy atom. The molecule has 0 atom stereocenters. The van der Waals surface area contributed by atoms with E-state index in [1.807, 2.05) is 0 Å². The molecule has 0 aliphatic rings. The van der Waals surface area contributed by atoms with Gasteiger partial charge in [0, 0.05) is 6.42 Å². The minimum atomic E-state index is -0.0605. The Balaban J connectivity index is 4.03. The van der Waals surface area contributed by atoms with Crippen LogP contribution in [0.1, 0.15) is 53.4 Å². The van der Waals surface area contributed by atoms with Crippen molar-refractivity contribution in [3.63, 3.8) is 0 Å². The summed E-state index contributed by atoms with van der Waals surface area (Å²) in [5, 5.41) is 8.71. The molecule has 0 radical (unpaired) electrons. The predicted molar refractivity (Wildman–Crippen MR) is 77.5 cm³/mol. The zero-order valence-corrected chi connectivity index (χ0v) is 12.1. The van der Waals surface area contributed by atoms with Crippen LogP contribution in [0, 0.1) is 0 Å². The van der Waals surface area contributed by atoms with Gasteiger partial charge < -0.3 is 5.11 Å². The maximum Gasteiger partial charge on any atom is 0.158 e. The van der Waals surface area contributed by atoms with Crippen molar-refractivity contribution in [1.29, 1.82) is 0 Å². The molecule has 0 fully saturated rings. The van der Waals surface area contributed by atoms with Crippen LogP contribution in [0.3, 0.4) is 0 Å². The topological polar surface area (TPSA) is 37.3 Å². The molecule has 0 aliphatic carbocycles. The summed E-state index contributed by atoms with van der Waals surface area (Å²) in [6.07, 6.45) is 9.39. The smallest absolute Gasteiger partial charge is 0.158 e. The molecular weight excluding hydrogens is 224 g/mol. The molecule has 0 rings (SSSR count). The van der Waals surface area contributed by atoms with Crippen molar-refractivity contribution >= 4 is 5.78 Å². The molecule has 0 aliphatic heterocycles. The molecule has 0 saturated heterocycles. The highest BCUT2D eigenvalue weighted by molar-refractivity contribution is 5.94. The summed E-state index contributed by atoms with van der Waals surface area (Å²) in [5.41, 5.74) is 3.33. The number of carbonyl (C=O) groups is 1. The number of rotatable bonds is 8. The predicted octanol–water partition coefficient (Wildman–Crippen LogP) is 3.97. The van der Waals surface area contributed by atoms with Crippen molar-refractivity contribution in [3.8, 4) is 0 Å². The zero-order valence-electron chi connectivity index (χ0n) is 12.1. The molecule has 0 spiro atoms. The third kappa shape index (κ3) is 8.02. The van der Waals surface area contributed by atoms with Gasteiger partial charge in [-0.2, -0.15) is 0 Å². The van der Waals surface area contributed by atoms with E-state index in [1.54, 1.807) is 13.0 Å². The number of aliphatic hydroxyl groups excluding tert-OH is 1. The largest absolute Gasteiger partial charge is 0.392 e. The second-order valence-corrected chi connectivity index (χ2v) is 4.72. The SMILES string of the molecule is CC=C(C)CCC=C(C)CCC(=O)C(C)=CCO. The number of ketones is 1. The maximum atomic E-state index is 11.7. The molecule has 0 heterocycles. The van der Waals surface area contributed by atoms with Crippen LogP contribution >= 0.6 is 0 Å². The van der Waals surface area contributed by atoms with Gasteiger partial charge in [0.25, 0.3) is 0 Å². The number of carbonyl (C=O) groups excluding carboxylic acids is 1.